The molecule has 27 heavy (non-hydrogen) atoms. The van der Waals surface area contributed by atoms with Crippen LogP contribution in [-0.4, -0.2) is 28.2 Å². The highest BCUT2D eigenvalue weighted by Gasteiger charge is 2.49. The Hall–Kier alpha value is -2.63. The van der Waals surface area contributed by atoms with Crippen LogP contribution in [0.1, 0.15) is 49.0 Å². The molecule has 0 N–H and O–H groups in total. The van der Waals surface area contributed by atoms with Crippen LogP contribution in [0.5, 0.6) is 0 Å². The van der Waals surface area contributed by atoms with Gasteiger partial charge in [0.25, 0.3) is 0 Å². The van der Waals surface area contributed by atoms with Crippen LogP contribution in [0.3, 0.4) is 0 Å². The molecule has 0 unspecified atom stereocenters. The van der Waals surface area contributed by atoms with Crippen molar-refractivity contribution >= 4 is 17.5 Å². The molecular formula is C21H22FN3O2. The fourth-order valence-corrected chi connectivity index (χ4v) is 4.56. The van der Waals surface area contributed by atoms with E-state index in [1.165, 1.54) is 18.3 Å². The molecule has 0 bridgehead atoms. The minimum atomic E-state index is -0.443. The van der Waals surface area contributed by atoms with E-state index in [1.807, 2.05) is 6.07 Å². The van der Waals surface area contributed by atoms with E-state index < -0.39 is 11.2 Å². The van der Waals surface area contributed by atoms with Crippen molar-refractivity contribution in [3.05, 3.63) is 54.2 Å². The smallest absolute Gasteiger partial charge is 0.234 e. The Labute approximate surface area is 157 Å². The van der Waals surface area contributed by atoms with E-state index in [0.717, 1.165) is 25.7 Å². The van der Waals surface area contributed by atoms with Gasteiger partial charge in [0.2, 0.25) is 5.91 Å². The molecule has 2 atom stereocenters. The fourth-order valence-electron chi connectivity index (χ4n) is 4.56. The number of carbonyl (C=O) groups excluding carboxylic acids is 2. The Balaban J connectivity index is 1.47. The lowest BCUT2D eigenvalue weighted by molar-refractivity contribution is -0.128. The third kappa shape index (κ3) is 3.48. The van der Waals surface area contributed by atoms with E-state index in [0.29, 0.717) is 30.9 Å². The number of Topliss-reactive ketones (excluding diaryl/α,β-unsaturated/α-hetero) is 1. The van der Waals surface area contributed by atoms with E-state index in [9.17, 15) is 14.0 Å². The van der Waals surface area contributed by atoms with Gasteiger partial charge in [-0.2, -0.15) is 0 Å². The number of rotatable bonds is 4. The van der Waals surface area contributed by atoms with Crippen LogP contribution in [0, 0.1) is 17.2 Å². The highest BCUT2D eigenvalue weighted by atomic mass is 19.1. The second kappa shape index (κ2) is 7.18. The maximum atomic E-state index is 13.5. The monoisotopic (exact) mass is 367 g/mol. The molecule has 0 radical (unpaired) electrons. The van der Waals surface area contributed by atoms with Crippen LogP contribution in [-0.2, 0) is 4.79 Å². The summed E-state index contributed by atoms with van der Waals surface area (Å²) in [4.78, 5) is 35.6. The number of hydrogen-bond donors (Lipinski definition) is 0. The molecule has 6 heteroatoms. The average Bonchev–Trinajstić information content (AvgIpc) is 2.98. The normalized spacial score (nSPS) is 25.1. The first-order valence-corrected chi connectivity index (χ1v) is 9.45. The Kier molecular flexibility index (Phi) is 4.72. The predicted molar refractivity (Wildman–Crippen MR) is 98.7 cm³/mol. The molecule has 2 fully saturated rings. The lowest BCUT2D eigenvalue weighted by Crippen LogP contribution is -2.39. The zero-order chi connectivity index (χ0) is 18.9. The summed E-state index contributed by atoms with van der Waals surface area (Å²) in [5.41, 5.74) is 0.0434. The zero-order valence-corrected chi connectivity index (χ0v) is 15.1. The molecule has 4 rings (SSSR count). The first kappa shape index (κ1) is 17.8. The van der Waals surface area contributed by atoms with Gasteiger partial charge in [-0.05, 0) is 49.8 Å². The predicted octanol–water partition coefficient (Wildman–Crippen LogP) is 3.80. The molecular weight excluding hydrogens is 345 g/mol. The number of halogens is 1. The van der Waals surface area contributed by atoms with Gasteiger partial charge < -0.3 is 0 Å². The molecule has 5 nitrogen and oxygen atoms in total. The Bertz CT molecular complexity index is 858. The van der Waals surface area contributed by atoms with Gasteiger partial charge in [0, 0.05) is 31.4 Å². The number of anilines is 1. The van der Waals surface area contributed by atoms with Gasteiger partial charge in [-0.1, -0.05) is 12.5 Å². The molecule has 2 aromatic rings. The summed E-state index contributed by atoms with van der Waals surface area (Å²) in [7, 11) is 0. The van der Waals surface area contributed by atoms with Crippen molar-refractivity contribution in [3.8, 4) is 0 Å². The summed E-state index contributed by atoms with van der Waals surface area (Å²) in [6, 6.07) is 7.92. The van der Waals surface area contributed by atoms with Gasteiger partial charge in [0.15, 0.2) is 5.78 Å². The summed E-state index contributed by atoms with van der Waals surface area (Å²) < 4.78 is 13.5. The van der Waals surface area contributed by atoms with E-state index in [1.54, 1.807) is 23.2 Å². The molecule has 1 amide bonds. The minimum absolute atomic E-state index is 0.0237. The third-order valence-electron chi connectivity index (χ3n) is 5.87. The number of carbonyl (C=O) groups is 2. The maximum absolute atomic E-state index is 13.5. The van der Waals surface area contributed by atoms with Gasteiger partial charge >= 0.3 is 0 Å². The molecule has 1 saturated carbocycles. The van der Waals surface area contributed by atoms with E-state index in [4.69, 9.17) is 0 Å². The summed E-state index contributed by atoms with van der Waals surface area (Å²) in [5.74, 6) is 0.222. The van der Waals surface area contributed by atoms with E-state index in [-0.39, 0.29) is 17.6 Å². The van der Waals surface area contributed by atoms with Crippen LogP contribution >= 0.6 is 0 Å². The van der Waals surface area contributed by atoms with Crippen molar-refractivity contribution in [1.29, 1.82) is 0 Å². The van der Waals surface area contributed by atoms with Gasteiger partial charge in [-0.15, -0.1) is 0 Å². The van der Waals surface area contributed by atoms with Gasteiger partial charge in [0.05, 0.1) is 5.41 Å². The van der Waals surface area contributed by atoms with Crippen molar-refractivity contribution < 1.29 is 14.0 Å². The Morgan fingerprint density at radius 1 is 1.22 bits per heavy atom. The van der Waals surface area contributed by atoms with E-state index >= 15 is 0 Å². The van der Waals surface area contributed by atoms with Crippen LogP contribution < -0.4 is 4.90 Å². The van der Waals surface area contributed by atoms with Crippen LogP contribution in [0.25, 0.3) is 0 Å². The molecule has 140 valence electrons. The summed E-state index contributed by atoms with van der Waals surface area (Å²) in [5, 5.41) is 0. The molecule has 0 aromatic carbocycles. The SMILES string of the molecule is O=C(C[C@H]1CCC[C@]2(CCN(c3cc(F)ccn3)C2=O)C1)c1ccccn1. The average molecular weight is 367 g/mol. The fraction of sp³-hybridized carbons (Fsp3) is 0.429. The Morgan fingerprint density at radius 2 is 2.11 bits per heavy atom. The Morgan fingerprint density at radius 3 is 2.89 bits per heavy atom. The van der Waals surface area contributed by atoms with Gasteiger partial charge in [-0.25, -0.2) is 9.37 Å². The third-order valence-corrected chi connectivity index (χ3v) is 5.87. The molecule has 1 saturated heterocycles. The highest BCUT2D eigenvalue weighted by molar-refractivity contribution is 5.99. The minimum Gasteiger partial charge on any atom is -0.296 e. The first-order chi connectivity index (χ1) is 13.1. The topological polar surface area (TPSA) is 63.2 Å². The number of hydrogen-bond acceptors (Lipinski definition) is 4. The lowest BCUT2D eigenvalue weighted by Gasteiger charge is -2.36. The van der Waals surface area contributed by atoms with E-state index in [2.05, 4.69) is 9.97 Å². The van der Waals surface area contributed by atoms with Crippen LogP contribution in [0.15, 0.2) is 42.7 Å². The molecule has 2 aromatic heterocycles. The van der Waals surface area contributed by atoms with Gasteiger partial charge in [0.1, 0.15) is 17.3 Å². The van der Waals surface area contributed by atoms with Crippen molar-refractivity contribution in [2.45, 2.75) is 38.5 Å². The zero-order valence-electron chi connectivity index (χ0n) is 15.1. The summed E-state index contributed by atoms with van der Waals surface area (Å²) in [6.45, 7) is 0.552. The number of amides is 1. The largest absolute Gasteiger partial charge is 0.296 e. The summed E-state index contributed by atoms with van der Waals surface area (Å²) >= 11 is 0. The highest BCUT2D eigenvalue weighted by Crippen LogP contribution is 2.48. The number of ketones is 1. The molecule has 1 aliphatic carbocycles. The number of nitrogens with zero attached hydrogens (tertiary/aromatic N) is 3. The van der Waals surface area contributed by atoms with Crippen LogP contribution in [0.2, 0.25) is 0 Å². The quantitative estimate of drug-likeness (QED) is 0.771. The second-order valence-corrected chi connectivity index (χ2v) is 7.62. The molecule has 2 aliphatic rings. The second-order valence-electron chi connectivity index (χ2n) is 7.62. The van der Waals surface area contributed by atoms with Crippen molar-refractivity contribution in [2.24, 2.45) is 11.3 Å². The molecule has 1 aliphatic heterocycles. The van der Waals surface area contributed by atoms with Crippen molar-refractivity contribution in [3.63, 3.8) is 0 Å². The standard InChI is InChI=1S/C21H22FN3O2/c22-16-6-10-24-19(13-16)25-11-8-21(20(25)27)7-3-4-15(14-21)12-18(26)17-5-1-2-9-23-17/h1-2,5-6,9-10,13,15H,3-4,7-8,11-12,14H2/t15-,21+/m1/s1. The van der Waals surface area contributed by atoms with Crippen molar-refractivity contribution in [2.75, 3.05) is 11.4 Å². The van der Waals surface area contributed by atoms with Crippen LogP contribution in [0.4, 0.5) is 10.2 Å². The van der Waals surface area contributed by atoms with Gasteiger partial charge in [-0.3, -0.25) is 19.5 Å². The number of pyridine rings is 2. The lowest BCUT2D eigenvalue weighted by atomic mass is 9.67. The first-order valence-electron chi connectivity index (χ1n) is 9.45. The maximum Gasteiger partial charge on any atom is 0.234 e. The number of aromatic nitrogens is 2. The molecule has 3 heterocycles. The van der Waals surface area contributed by atoms with Crippen molar-refractivity contribution in [1.82, 2.24) is 9.97 Å². The summed E-state index contributed by atoms with van der Waals surface area (Å²) in [6.07, 6.45) is 7.57. The molecule has 1 spiro atoms.